The Labute approximate surface area is 188 Å². The highest BCUT2D eigenvalue weighted by molar-refractivity contribution is 7.91. The molecular weight excluding hydrogens is 431 g/mol. The summed E-state index contributed by atoms with van der Waals surface area (Å²) in [5.41, 5.74) is 2.22. The van der Waals surface area contributed by atoms with E-state index in [0.717, 1.165) is 42.5 Å². The Morgan fingerprint density at radius 3 is 2.69 bits per heavy atom. The summed E-state index contributed by atoms with van der Waals surface area (Å²) in [5.74, 6) is 0.0660. The minimum Gasteiger partial charge on any atom is -0.368 e. The molecule has 0 fully saturated rings. The zero-order valence-corrected chi connectivity index (χ0v) is 19.0. The van der Waals surface area contributed by atoms with Crippen LogP contribution in [-0.2, 0) is 21.1 Å². The highest BCUT2D eigenvalue weighted by atomic mass is 32.2. The van der Waals surface area contributed by atoms with Crippen molar-refractivity contribution in [2.45, 2.75) is 24.2 Å². The van der Waals surface area contributed by atoms with Crippen molar-refractivity contribution in [1.82, 2.24) is 15.5 Å². The summed E-state index contributed by atoms with van der Waals surface area (Å²) in [5, 5.41) is 6.08. The summed E-state index contributed by atoms with van der Waals surface area (Å²) in [6.07, 6.45) is 1.60. The van der Waals surface area contributed by atoms with Gasteiger partial charge >= 0.3 is 0 Å². The number of nitrogens with zero attached hydrogens (tertiary/aromatic N) is 2. The van der Waals surface area contributed by atoms with E-state index in [9.17, 15) is 17.6 Å². The third kappa shape index (κ3) is 6.86. The Morgan fingerprint density at radius 1 is 1.22 bits per heavy atom. The molecule has 0 saturated heterocycles. The van der Waals surface area contributed by atoms with Crippen LogP contribution in [0.4, 0.5) is 4.39 Å². The molecule has 0 spiro atoms. The maximum atomic E-state index is 13.2. The lowest BCUT2D eigenvalue weighted by Gasteiger charge is -2.17. The van der Waals surface area contributed by atoms with E-state index in [4.69, 9.17) is 0 Å². The molecule has 1 heterocycles. The predicted octanol–water partition coefficient (Wildman–Crippen LogP) is 1.98. The van der Waals surface area contributed by atoms with Crippen molar-refractivity contribution in [3.05, 3.63) is 65.5 Å². The van der Waals surface area contributed by atoms with Gasteiger partial charge in [-0.15, -0.1) is 0 Å². The normalized spacial score (nSPS) is 13.5. The molecule has 3 rings (SSSR count). The molecule has 2 aromatic rings. The van der Waals surface area contributed by atoms with E-state index in [2.05, 4.69) is 27.8 Å². The molecule has 32 heavy (non-hydrogen) atoms. The Morgan fingerprint density at radius 2 is 2.00 bits per heavy atom. The first-order valence-electron chi connectivity index (χ1n) is 10.7. The summed E-state index contributed by atoms with van der Waals surface area (Å²) < 4.78 is 37.6. The molecule has 0 bridgehead atoms. The van der Waals surface area contributed by atoms with Crippen molar-refractivity contribution in [3.8, 4) is 0 Å². The van der Waals surface area contributed by atoms with Gasteiger partial charge in [-0.2, -0.15) is 0 Å². The lowest BCUT2D eigenvalue weighted by atomic mass is 10.1. The Balaban J connectivity index is 1.34. The minimum absolute atomic E-state index is 0.0147. The van der Waals surface area contributed by atoms with E-state index in [1.54, 1.807) is 11.9 Å². The Bertz CT molecular complexity index is 1060. The second kappa shape index (κ2) is 11.2. The third-order valence-corrected chi connectivity index (χ3v) is 6.81. The van der Waals surface area contributed by atoms with Gasteiger partial charge in [-0.05, 0) is 43.1 Å². The highest BCUT2D eigenvalue weighted by Crippen LogP contribution is 2.12. The molecule has 0 radical (unpaired) electrons. The number of rotatable bonds is 11. The van der Waals surface area contributed by atoms with Crippen LogP contribution < -0.4 is 10.6 Å². The summed E-state index contributed by atoms with van der Waals surface area (Å²) in [4.78, 5) is 18.4. The van der Waals surface area contributed by atoms with Crippen LogP contribution >= 0.6 is 0 Å². The van der Waals surface area contributed by atoms with E-state index in [1.807, 2.05) is 12.1 Å². The first kappa shape index (κ1) is 23.9. The van der Waals surface area contributed by atoms with Crippen LogP contribution in [0.25, 0.3) is 0 Å². The third-order valence-electron chi connectivity index (χ3n) is 5.25. The van der Waals surface area contributed by atoms with Gasteiger partial charge in [0.2, 0.25) is 5.91 Å². The smallest absolute Gasteiger partial charge is 0.222 e. The number of amides is 1. The lowest BCUT2D eigenvalue weighted by molar-refractivity contribution is -0.129. The van der Waals surface area contributed by atoms with Crippen molar-refractivity contribution in [3.63, 3.8) is 0 Å². The quantitative estimate of drug-likeness (QED) is 0.501. The van der Waals surface area contributed by atoms with Crippen molar-refractivity contribution >= 4 is 21.6 Å². The van der Waals surface area contributed by atoms with Gasteiger partial charge in [0.15, 0.2) is 9.84 Å². The number of likely N-dealkylation sites (N-methyl/N-ethyl adjacent to an activating group) is 1. The molecular formula is C23H29FN4O3S. The second-order valence-electron chi connectivity index (χ2n) is 7.74. The molecule has 2 N–H and O–H groups in total. The van der Waals surface area contributed by atoms with Crippen LogP contribution in [0.1, 0.15) is 24.0 Å². The van der Waals surface area contributed by atoms with Gasteiger partial charge in [0.25, 0.3) is 0 Å². The average molecular weight is 461 g/mol. The van der Waals surface area contributed by atoms with Crippen LogP contribution in [0.5, 0.6) is 0 Å². The van der Waals surface area contributed by atoms with E-state index in [1.165, 1.54) is 18.2 Å². The van der Waals surface area contributed by atoms with Crippen molar-refractivity contribution < 1.29 is 17.6 Å². The van der Waals surface area contributed by atoms with Gasteiger partial charge in [-0.1, -0.05) is 30.3 Å². The monoisotopic (exact) mass is 460 g/mol. The minimum atomic E-state index is -3.61. The zero-order valence-electron chi connectivity index (χ0n) is 18.2. The number of halogens is 1. The van der Waals surface area contributed by atoms with Crippen LogP contribution in [0.3, 0.4) is 0 Å². The van der Waals surface area contributed by atoms with E-state index in [0.29, 0.717) is 25.9 Å². The predicted molar refractivity (Wildman–Crippen MR) is 123 cm³/mol. The molecule has 7 nitrogen and oxygen atoms in total. The number of sulfone groups is 1. The van der Waals surface area contributed by atoms with Crippen LogP contribution in [0, 0.1) is 5.82 Å². The fraction of sp³-hybridized carbons (Fsp3) is 0.391. The zero-order chi connectivity index (χ0) is 23.0. The Kier molecular flexibility index (Phi) is 8.35. The number of nitrogens with one attached hydrogen (secondary N) is 2. The number of hydrogen-bond acceptors (Lipinski definition) is 6. The van der Waals surface area contributed by atoms with E-state index in [-0.39, 0.29) is 16.7 Å². The van der Waals surface area contributed by atoms with Gasteiger partial charge < -0.3 is 15.5 Å². The molecule has 1 aliphatic rings. The summed E-state index contributed by atoms with van der Waals surface area (Å²) in [6.45, 7) is 2.68. The maximum absolute atomic E-state index is 13.2. The van der Waals surface area contributed by atoms with Crippen molar-refractivity contribution in [2.75, 3.05) is 39.1 Å². The van der Waals surface area contributed by atoms with Crippen LogP contribution in [-0.4, -0.2) is 64.2 Å². The van der Waals surface area contributed by atoms with Gasteiger partial charge in [0, 0.05) is 32.1 Å². The molecule has 0 aliphatic carbocycles. The van der Waals surface area contributed by atoms with E-state index < -0.39 is 15.7 Å². The lowest BCUT2D eigenvalue weighted by Crippen LogP contribution is -2.30. The number of carbonyl (C=O) groups excluding carboxylic acids is 1. The summed E-state index contributed by atoms with van der Waals surface area (Å²) in [7, 11) is -1.83. The molecule has 0 atom stereocenters. The topological polar surface area (TPSA) is 90.9 Å². The standard InChI is InChI=1S/C23H29FN4O3S/c1-28(15-11-18-7-9-19(10-8-18)23-26-13-14-27-23)22(29)6-3-12-25-17-32(30,31)21-5-2-4-20(24)16-21/h2,4-5,7-10,16,25H,3,6,11-15,17H2,1H3,(H,26,27). The SMILES string of the molecule is CN(CCc1ccc(C2=NCCN2)cc1)C(=O)CCCNCS(=O)(=O)c1cccc(F)c1. The first-order valence-corrected chi connectivity index (χ1v) is 12.3. The molecule has 1 amide bonds. The number of amidine groups is 1. The summed E-state index contributed by atoms with van der Waals surface area (Å²) in [6, 6.07) is 13.1. The summed E-state index contributed by atoms with van der Waals surface area (Å²) >= 11 is 0. The van der Waals surface area contributed by atoms with Gasteiger partial charge in [0.05, 0.1) is 11.4 Å². The largest absolute Gasteiger partial charge is 0.368 e. The molecule has 0 unspecified atom stereocenters. The van der Waals surface area contributed by atoms with Gasteiger partial charge in [-0.3, -0.25) is 9.79 Å². The van der Waals surface area contributed by atoms with E-state index >= 15 is 0 Å². The fourth-order valence-electron chi connectivity index (χ4n) is 3.35. The fourth-order valence-corrected chi connectivity index (χ4v) is 4.51. The molecule has 0 aromatic heterocycles. The first-order chi connectivity index (χ1) is 15.3. The molecule has 2 aromatic carbocycles. The number of hydrogen-bond donors (Lipinski definition) is 2. The van der Waals surface area contributed by atoms with Crippen LogP contribution in [0.15, 0.2) is 58.4 Å². The second-order valence-corrected chi connectivity index (χ2v) is 9.73. The number of aliphatic imine (C=N–C) groups is 1. The van der Waals surface area contributed by atoms with Crippen molar-refractivity contribution in [1.29, 1.82) is 0 Å². The highest BCUT2D eigenvalue weighted by Gasteiger charge is 2.15. The van der Waals surface area contributed by atoms with Gasteiger partial charge in [0.1, 0.15) is 17.5 Å². The number of carbonyl (C=O) groups is 1. The molecule has 172 valence electrons. The number of benzene rings is 2. The molecule has 9 heteroatoms. The maximum Gasteiger partial charge on any atom is 0.222 e. The van der Waals surface area contributed by atoms with Crippen LogP contribution in [0.2, 0.25) is 0 Å². The molecule has 0 saturated carbocycles. The molecule has 1 aliphatic heterocycles. The Hall–Kier alpha value is -2.78. The average Bonchev–Trinajstić information content (AvgIpc) is 3.32. The van der Waals surface area contributed by atoms with Gasteiger partial charge in [-0.25, -0.2) is 12.8 Å². The van der Waals surface area contributed by atoms with Crippen molar-refractivity contribution in [2.24, 2.45) is 4.99 Å².